The Hall–Kier alpha value is -3.79. The summed E-state index contributed by atoms with van der Waals surface area (Å²) in [7, 11) is 1.60. The van der Waals surface area contributed by atoms with Crippen LogP contribution in [0.15, 0.2) is 41.3 Å². The van der Waals surface area contributed by atoms with E-state index in [1.54, 1.807) is 20.2 Å². The van der Waals surface area contributed by atoms with Crippen LogP contribution in [0.1, 0.15) is 30.1 Å². The molecule has 35 heavy (non-hydrogen) atoms. The summed E-state index contributed by atoms with van der Waals surface area (Å²) in [6.07, 6.45) is 1.30. The van der Waals surface area contributed by atoms with Gasteiger partial charge in [-0.25, -0.2) is 23.7 Å². The van der Waals surface area contributed by atoms with Crippen LogP contribution in [0.5, 0.6) is 0 Å². The molecule has 0 aliphatic carbocycles. The Labute approximate surface area is 200 Å². The van der Waals surface area contributed by atoms with Gasteiger partial charge in [0.15, 0.2) is 5.52 Å². The van der Waals surface area contributed by atoms with Crippen LogP contribution < -0.4 is 10.5 Å². The number of morpholine rings is 1. The molecule has 8 nitrogen and oxygen atoms in total. The molecule has 1 aliphatic heterocycles. The molecule has 10 heteroatoms. The summed E-state index contributed by atoms with van der Waals surface area (Å²) in [6, 6.07) is 7.10. The van der Waals surface area contributed by atoms with Crippen LogP contribution in [0, 0.1) is 25.5 Å². The van der Waals surface area contributed by atoms with Crippen molar-refractivity contribution in [3.05, 3.63) is 75.6 Å². The molecule has 0 saturated carbocycles. The van der Waals surface area contributed by atoms with E-state index in [2.05, 4.69) is 19.9 Å². The lowest BCUT2D eigenvalue weighted by Gasteiger charge is -2.37. The highest BCUT2D eigenvalue weighted by molar-refractivity contribution is 5.89. The van der Waals surface area contributed by atoms with Gasteiger partial charge in [-0.3, -0.25) is 14.3 Å². The van der Waals surface area contributed by atoms with Crippen molar-refractivity contribution in [2.45, 2.75) is 33.0 Å². The summed E-state index contributed by atoms with van der Waals surface area (Å²) in [5, 5.41) is 0. The Morgan fingerprint density at radius 1 is 1.03 bits per heavy atom. The fourth-order valence-corrected chi connectivity index (χ4v) is 4.32. The van der Waals surface area contributed by atoms with Crippen LogP contribution in [0.25, 0.3) is 22.3 Å². The molecule has 3 aromatic heterocycles. The van der Waals surface area contributed by atoms with E-state index in [-0.39, 0.29) is 46.0 Å². The van der Waals surface area contributed by atoms with E-state index in [0.29, 0.717) is 18.9 Å². The van der Waals surface area contributed by atoms with Crippen molar-refractivity contribution in [1.82, 2.24) is 24.5 Å². The second-order valence-electron chi connectivity index (χ2n) is 8.79. The number of fused-ring (bicyclic) bond motifs is 1. The molecule has 1 aromatic carbocycles. The van der Waals surface area contributed by atoms with Crippen molar-refractivity contribution >= 4 is 17.0 Å². The molecular weight excluding hydrogens is 454 g/mol. The van der Waals surface area contributed by atoms with E-state index in [1.165, 1.54) is 10.6 Å². The van der Waals surface area contributed by atoms with E-state index in [4.69, 9.17) is 4.74 Å². The lowest BCUT2D eigenvalue weighted by molar-refractivity contribution is -0.0179. The fraction of sp³-hybridized carbons (Fsp3) is 0.320. The quantitative estimate of drug-likeness (QED) is 0.444. The number of ether oxygens (including phenoxy) is 1. The summed E-state index contributed by atoms with van der Waals surface area (Å²) < 4.78 is 36.0. The molecule has 0 spiro atoms. The lowest BCUT2D eigenvalue weighted by Crippen LogP contribution is -2.44. The van der Waals surface area contributed by atoms with Gasteiger partial charge in [-0.2, -0.15) is 0 Å². The summed E-state index contributed by atoms with van der Waals surface area (Å²) in [4.78, 5) is 33.0. The summed E-state index contributed by atoms with van der Waals surface area (Å²) in [5.74, 6) is -0.820. The zero-order chi connectivity index (χ0) is 24.9. The van der Waals surface area contributed by atoms with Crippen molar-refractivity contribution < 1.29 is 13.5 Å². The highest BCUT2D eigenvalue weighted by atomic mass is 19.1. The van der Waals surface area contributed by atoms with Crippen molar-refractivity contribution in [3.63, 3.8) is 0 Å². The third-order valence-electron chi connectivity index (χ3n) is 6.16. The first kappa shape index (κ1) is 23.0. The number of anilines is 1. The van der Waals surface area contributed by atoms with Crippen LogP contribution in [-0.2, 0) is 11.8 Å². The maximum absolute atomic E-state index is 14.9. The zero-order valence-electron chi connectivity index (χ0n) is 19.8. The monoisotopic (exact) mass is 478 g/mol. The van der Waals surface area contributed by atoms with E-state index in [9.17, 15) is 13.6 Å². The zero-order valence-corrected chi connectivity index (χ0v) is 19.8. The summed E-state index contributed by atoms with van der Waals surface area (Å²) in [6.45, 7) is 6.42. The van der Waals surface area contributed by atoms with Gasteiger partial charge in [0.05, 0.1) is 12.6 Å². The number of hydrogen-bond donors (Lipinski definition) is 0. The highest BCUT2D eigenvalue weighted by Crippen LogP contribution is 2.32. The second kappa shape index (κ2) is 8.77. The lowest BCUT2D eigenvalue weighted by atomic mass is 10.1. The molecular formula is C25H24F2N6O2. The Kier molecular flexibility index (Phi) is 5.76. The number of aromatic nitrogens is 5. The first-order chi connectivity index (χ1) is 16.7. The molecule has 0 radical (unpaired) electrons. The van der Waals surface area contributed by atoms with Crippen LogP contribution in [0.2, 0.25) is 0 Å². The molecule has 1 saturated heterocycles. The Morgan fingerprint density at radius 2 is 1.83 bits per heavy atom. The fourth-order valence-electron chi connectivity index (χ4n) is 4.32. The number of nitrogens with zero attached hydrogens (tertiary/aromatic N) is 6. The minimum Gasteiger partial charge on any atom is -0.367 e. The van der Waals surface area contributed by atoms with Crippen LogP contribution in [0.3, 0.4) is 0 Å². The average Bonchev–Trinajstić information content (AvgIpc) is 2.82. The second-order valence-corrected chi connectivity index (χ2v) is 8.79. The largest absolute Gasteiger partial charge is 0.367 e. The van der Waals surface area contributed by atoms with Crippen LogP contribution in [0.4, 0.5) is 14.7 Å². The molecule has 0 N–H and O–H groups in total. The number of pyridine rings is 1. The maximum atomic E-state index is 14.9. The molecule has 5 rings (SSSR count). The van der Waals surface area contributed by atoms with Crippen LogP contribution in [-0.4, -0.2) is 43.7 Å². The number of hydrogen-bond acceptors (Lipinski definition) is 7. The average molecular weight is 479 g/mol. The van der Waals surface area contributed by atoms with Crippen molar-refractivity contribution in [2.24, 2.45) is 7.05 Å². The van der Waals surface area contributed by atoms with Gasteiger partial charge in [0, 0.05) is 37.1 Å². The first-order valence-electron chi connectivity index (χ1n) is 11.2. The third-order valence-corrected chi connectivity index (χ3v) is 6.16. The van der Waals surface area contributed by atoms with Gasteiger partial charge >= 0.3 is 0 Å². The van der Waals surface area contributed by atoms with Gasteiger partial charge in [-0.05, 0) is 50.6 Å². The van der Waals surface area contributed by atoms with Gasteiger partial charge in [0.25, 0.3) is 5.56 Å². The van der Waals surface area contributed by atoms with Gasteiger partial charge < -0.3 is 9.64 Å². The Balaban J connectivity index is 1.68. The van der Waals surface area contributed by atoms with Gasteiger partial charge in [0.2, 0.25) is 5.95 Å². The first-order valence-corrected chi connectivity index (χ1v) is 11.2. The van der Waals surface area contributed by atoms with Gasteiger partial charge in [0.1, 0.15) is 34.8 Å². The van der Waals surface area contributed by atoms with E-state index in [0.717, 1.165) is 23.4 Å². The minimum atomic E-state index is -0.795. The molecule has 0 unspecified atom stereocenters. The van der Waals surface area contributed by atoms with Gasteiger partial charge in [-0.15, -0.1) is 0 Å². The van der Waals surface area contributed by atoms with Crippen molar-refractivity contribution in [1.29, 1.82) is 0 Å². The number of benzene rings is 1. The summed E-state index contributed by atoms with van der Waals surface area (Å²) in [5.41, 5.74) is 1.88. The SMILES string of the molecule is Cc1cc([C@@H]2CN(c3nc(-c4ccc(F)cc4F)c4nc(C)n(C)c(=O)c4n3)C[C@H](C)O2)ccn1. The molecule has 1 aliphatic rings. The third kappa shape index (κ3) is 4.25. The van der Waals surface area contributed by atoms with E-state index < -0.39 is 11.6 Å². The van der Waals surface area contributed by atoms with Crippen LogP contribution >= 0.6 is 0 Å². The molecule has 4 aromatic rings. The molecule has 1 fully saturated rings. The number of halogens is 2. The van der Waals surface area contributed by atoms with Gasteiger partial charge in [-0.1, -0.05) is 0 Å². The number of rotatable bonds is 3. The molecule has 4 heterocycles. The molecule has 0 bridgehead atoms. The maximum Gasteiger partial charge on any atom is 0.279 e. The van der Waals surface area contributed by atoms with E-state index >= 15 is 0 Å². The van der Waals surface area contributed by atoms with E-state index in [1.807, 2.05) is 30.9 Å². The predicted molar refractivity (Wildman–Crippen MR) is 127 cm³/mol. The topological polar surface area (TPSA) is 86.0 Å². The molecule has 0 amide bonds. The number of aryl methyl sites for hydroxylation is 2. The van der Waals surface area contributed by atoms with Crippen molar-refractivity contribution in [2.75, 3.05) is 18.0 Å². The Morgan fingerprint density at radius 3 is 2.57 bits per heavy atom. The predicted octanol–water partition coefficient (Wildman–Crippen LogP) is 3.65. The standard InChI is InChI=1S/C25H24F2N6O2/c1-13-9-16(7-8-28-13)20-12-33(11-14(2)35-20)25-30-21(18-6-5-17(26)10-19(18)27)22-23(31-25)24(34)32(4)15(3)29-22/h5-10,14,20H,11-12H2,1-4H3/t14-,20-/m0/s1. The highest BCUT2D eigenvalue weighted by Gasteiger charge is 2.30. The Bertz CT molecular complexity index is 1510. The molecule has 180 valence electrons. The summed E-state index contributed by atoms with van der Waals surface area (Å²) >= 11 is 0. The van der Waals surface area contributed by atoms with Crippen molar-refractivity contribution in [3.8, 4) is 11.3 Å². The normalized spacial score (nSPS) is 18.3. The smallest absolute Gasteiger partial charge is 0.279 e. The molecule has 2 atom stereocenters. The minimum absolute atomic E-state index is 0.0443.